The SMILES string of the molecule is CC1(CN2CCNCC2)CCC(c2ccc(Cl)cc2)=C(CN2CCN(c3ccc(C(=O)NS(=O)(=O)c4ccc(N[C@H](CCN5CCC(CO)CC5)CSc5ccccc5)c([N+](=O)[O-])c4)cc3)CC2)C1.Cl. The van der Waals surface area contributed by atoms with Crippen LogP contribution < -0.4 is 20.3 Å². The molecule has 3 heterocycles. The predicted octanol–water partition coefficient (Wildman–Crippen LogP) is 8.13. The van der Waals surface area contributed by atoms with E-state index in [-0.39, 0.29) is 46.6 Å². The number of thioether (sulfide) groups is 1. The van der Waals surface area contributed by atoms with Crippen LogP contribution in [0.4, 0.5) is 17.1 Å². The van der Waals surface area contributed by atoms with E-state index in [1.54, 1.807) is 23.9 Å². The monoisotopic (exact) mass is 1030 g/mol. The summed E-state index contributed by atoms with van der Waals surface area (Å²) in [5.41, 5.74) is 5.36. The number of nitro benzene ring substituents is 1. The molecule has 3 saturated heterocycles. The molecule has 18 heteroatoms. The van der Waals surface area contributed by atoms with Crippen molar-refractivity contribution in [2.24, 2.45) is 11.3 Å². The second-order valence-corrected chi connectivity index (χ2v) is 22.7. The van der Waals surface area contributed by atoms with Crippen LogP contribution in [0.1, 0.15) is 61.4 Å². The van der Waals surface area contributed by atoms with Gasteiger partial charge in [-0.3, -0.25) is 19.8 Å². The largest absolute Gasteiger partial charge is 0.396 e. The molecular formula is C52H68Cl2N8O6S2. The Labute approximate surface area is 429 Å². The van der Waals surface area contributed by atoms with Crippen LogP contribution in [-0.2, 0) is 10.0 Å². The number of hydrogen-bond donors (Lipinski definition) is 4. The molecule has 1 amide bonds. The summed E-state index contributed by atoms with van der Waals surface area (Å²) in [6.45, 7) is 14.9. The molecule has 378 valence electrons. The van der Waals surface area contributed by atoms with Gasteiger partial charge in [0, 0.05) is 118 Å². The lowest BCUT2D eigenvalue weighted by atomic mass is 9.71. The van der Waals surface area contributed by atoms with Gasteiger partial charge in [-0.2, -0.15) is 0 Å². The first-order valence-electron chi connectivity index (χ1n) is 24.4. The van der Waals surface area contributed by atoms with Crippen LogP contribution in [0, 0.1) is 21.4 Å². The molecule has 14 nitrogen and oxygen atoms in total. The number of piperazine rings is 2. The number of carbonyl (C=O) groups excluding carboxylic acids is 1. The fourth-order valence-corrected chi connectivity index (χ4v) is 12.4. The fourth-order valence-electron chi connectivity index (χ4n) is 10.3. The first kappa shape index (κ1) is 53.6. The zero-order chi connectivity index (χ0) is 48.4. The number of rotatable bonds is 19. The Hall–Kier alpha value is -4.23. The molecule has 1 aliphatic carbocycles. The molecule has 4 aromatic carbocycles. The average molecular weight is 1040 g/mol. The van der Waals surface area contributed by atoms with Crippen LogP contribution in [0.5, 0.6) is 0 Å². The molecule has 0 aromatic heterocycles. The molecule has 0 radical (unpaired) electrons. The summed E-state index contributed by atoms with van der Waals surface area (Å²) in [5.74, 6) is 0.127. The highest BCUT2D eigenvalue weighted by Gasteiger charge is 2.35. The standard InChI is InChI=1S/C52H67ClN8O6S2.ClH/c1-52(38-59-27-22-54-23-28-59)21-17-48(40-7-11-43(53)12-8-40)42(34-52)35-58-29-31-60(32-30-58)45-13-9-41(10-14-45)51(63)56-69(66,67)47-15-16-49(50(33-47)61(64)65)55-44(37-68-46-5-3-2-4-6-46)20-26-57-24-18-39(36-62)19-25-57;/h2-16,33,39,44,54-55,62H,17-32,34-38H2,1H3,(H,56,63);1H/t44-,52?;/m1./s1. The topological polar surface area (TPSA) is 164 Å². The molecule has 3 fully saturated rings. The van der Waals surface area contributed by atoms with E-state index in [0.29, 0.717) is 18.1 Å². The fraction of sp³-hybridized carbons (Fsp3) is 0.481. The molecule has 0 bridgehead atoms. The number of nitrogens with one attached hydrogen (secondary N) is 3. The number of carbonyl (C=O) groups is 1. The van der Waals surface area contributed by atoms with Gasteiger partial charge in [0.05, 0.1) is 9.82 Å². The van der Waals surface area contributed by atoms with Crippen molar-refractivity contribution in [3.05, 3.63) is 129 Å². The van der Waals surface area contributed by atoms with Crippen molar-refractivity contribution in [1.82, 2.24) is 24.7 Å². The minimum atomic E-state index is -4.47. The van der Waals surface area contributed by atoms with Crippen molar-refractivity contribution in [1.29, 1.82) is 0 Å². The molecular weight excluding hydrogens is 968 g/mol. The van der Waals surface area contributed by atoms with E-state index in [0.717, 1.165) is 139 Å². The van der Waals surface area contributed by atoms with Crippen LogP contribution in [-0.4, -0.2) is 143 Å². The number of hydrogen-bond acceptors (Lipinski definition) is 13. The highest BCUT2D eigenvalue weighted by atomic mass is 35.5. The molecule has 0 saturated carbocycles. The number of nitro groups is 1. The third-order valence-corrected chi connectivity index (χ3v) is 17.1. The average Bonchev–Trinajstić information content (AvgIpc) is 3.36. The van der Waals surface area contributed by atoms with Crippen molar-refractivity contribution >= 4 is 74.3 Å². The van der Waals surface area contributed by atoms with Gasteiger partial charge in [0.25, 0.3) is 21.6 Å². The number of aliphatic hydroxyl groups excluding tert-OH is 1. The van der Waals surface area contributed by atoms with Gasteiger partial charge in [-0.1, -0.05) is 54.4 Å². The Kier molecular flexibility index (Phi) is 19.1. The Bertz CT molecular complexity index is 2500. The second kappa shape index (κ2) is 24.9. The second-order valence-electron chi connectivity index (χ2n) is 19.5. The van der Waals surface area contributed by atoms with Gasteiger partial charge in [-0.05, 0) is 135 Å². The number of aliphatic hydroxyl groups is 1. The van der Waals surface area contributed by atoms with Crippen LogP contribution in [0.25, 0.3) is 5.57 Å². The smallest absolute Gasteiger partial charge is 0.293 e. The molecule has 8 rings (SSSR count). The number of piperidine rings is 1. The van der Waals surface area contributed by atoms with E-state index in [1.165, 1.54) is 28.8 Å². The van der Waals surface area contributed by atoms with Crippen molar-refractivity contribution in [3.63, 3.8) is 0 Å². The Morgan fingerprint density at radius 2 is 1.61 bits per heavy atom. The number of likely N-dealkylation sites (tertiary alicyclic amines) is 1. The van der Waals surface area contributed by atoms with E-state index in [1.807, 2.05) is 54.6 Å². The summed E-state index contributed by atoms with van der Waals surface area (Å²) in [4.78, 5) is 35.8. The van der Waals surface area contributed by atoms with E-state index in [9.17, 15) is 28.4 Å². The van der Waals surface area contributed by atoms with E-state index < -0.39 is 26.5 Å². The summed E-state index contributed by atoms with van der Waals surface area (Å²) in [5, 5.41) is 29.6. The number of nitrogens with zero attached hydrogens (tertiary/aromatic N) is 5. The summed E-state index contributed by atoms with van der Waals surface area (Å²) in [7, 11) is -4.47. The molecule has 4 aliphatic rings. The summed E-state index contributed by atoms with van der Waals surface area (Å²) < 4.78 is 29.4. The van der Waals surface area contributed by atoms with Crippen molar-refractivity contribution in [2.75, 3.05) is 108 Å². The normalized spacial score (nSPS) is 20.4. The van der Waals surface area contributed by atoms with Crippen molar-refractivity contribution in [2.45, 2.75) is 61.3 Å². The third-order valence-electron chi connectivity index (χ3n) is 14.4. The van der Waals surface area contributed by atoms with E-state index in [2.05, 4.69) is 54.0 Å². The molecule has 3 aliphatic heterocycles. The zero-order valence-corrected chi connectivity index (χ0v) is 43.3. The number of benzene rings is 4. The summed E-state index contributed by atoms with van der Waals surface area (Å²) >= 11 is 7.94. The first-order valence-corrected chi connectivity index (χ1v) is 27.3. The molecule has 4 N–H and O–H groups in total. The third kappa shape index (κ3) is 14.5. The lowest BCUT2D eigenvalue weighted by Gasteiger charge is -2.43. The van der Waals surface area contributed by atoms with Gasteiger partial charge in [0.2, 0.25) is 0 Å². The van der Waals surface area contributed by atoms with Gasteiger partial charge in [-0.15, -0.1) is 24.2 Å². The van der Waals surface area contributed by atoms with Gasteiger partial charge >= 0.3 is 0 Å². The highest BCUT2D eigenvalue weighted by molar-refractivity contribution is 7.99. The Balaban J connectivity index is 0.00000722. The van der Waals surface area contributed by atoms with Crippen LogP contribution in [0.2, 0.25) is 5.02 Å². The minimum absolute atomic E-state index is 0. The molecule has 1 unspecified atom stereocenters. The van der Waals surface area contributed by atoms with Gasteiger partial charge < -0.3 is 30.4 Å². The maximum atomic E-state index is 13.6. The number of anilines is 2. The maximum Gasteiger partial charge on any atom is 0.293 e. The molecule has 4 aromatic rings. The maximum absolute atomic E-state index is 13.6. The number of allylic oxidation sites excluding steroid dienone is 1. The minimum Gasteiger partial charge on any atom is -0.396 e. The van der Waals surface area contributed by atoms with E-state index >= 15 is 0 Å². The van der Waals surface area contributed by atoms with Crippen LogP contribution in [0.3, 0.4) is 0 Å². The van der Waals surface area contributed by atoms with Gasteiger partial charge in [0.1, 0.15) is 5.69 Å². The first-order chi connectivity index (χ1) is 33.3. The van der Waals surface area contributed by atoms with Crippen LogP contribution in [0.15, 0.2) is 112 Å². The molecule has 70 heavy (non-hydrogen) atoms. The number of amides is 1. The van der Waals surface area contributed by atoms with Crippen molar-refractivity contribution < 1.29 is 23.2 Å². The lowest BCUT2D eigenvalue weighted by Crippen LogP contribution is -2.49. The summed E-state index contributed by atoms with van der Waals surface area (Å²) in [6, 6.07) is 28.7. The van der Waals surface area contributed by atoms with Gasteiger partial charge in [0.15, 0.2) is 0 Å². The lowest BCUT2D eigenvalue weighted by molar-refractivity contribution is -0.384. The number of sulfonamides is 1. The molecule has 2 atom stereocenters. The number of halogens is 2. The quantitative estimate of drug-likeness (QED) is 0.0405. The Morgan fingerprint density at radius 1 is 0.914 bits per heavy atom. The van der Waals surface area contributed by atoms with Gasteiger partial charge in [-0.25, -0.2) is 13.1 Å². The highest BCUT2D eigenvalue weighted by Crippen LogP contribution is 2.44. The predicted molar refractivity (Wildman–Crippen MR) is 285 cm³/mol. The Morgan fingerprint density at radius 3 is 2.29 bits per heavy atom. The molecule has 0 spiro atoms. The van der Waals surface area contributed by atoms with Crippen molar-refractivity contribution in [3.8, 4) is 0 Å². The summed E-state index contributed by atoms with van der Waals surface area (Å²) in [6.07, 6.45) is 5.84. The zero-order valence-electron chi connectivity index (χ0n) is 40.1. The van der Waals surface area contributed by atoms with E-state index in [4.69, 9.17) is 11.6 Å². The van der Waals surface area contributed by atoms with Crippen LogP contribution >= 0.6 is 35.8 Å².